The average molecular weight is 513 g/mol. The first kappa shape index (κ1) is 24.9. The van der Waals surface area contributed by atoms with Crippen LogP contribution in [0.25, 0.3) is 0 Å². The SMILES string of the molecule is CN=C(NCc1ccccc1OC(C)(C)C)NCc1cccc(OC)c1OC.I. The van der Waals surface area contributed by atoms with Crippen molar-refractivity contribution in [3.63, 3.8) is 0 Å². The number of nitrogens with zero attached hydrogens (tertiary/aromatic N) is 1. The Bertz CT molecular complexity index is 804. The topological polar surface area (TPSA) is 64.1 Å². The summed E-state index contributed by atoms with van der Waals surface area (Å²) >= 11 is 0. The van der Waals surface area contributed by atoms with Crippen molar-refractivity contribution in [2.75, 3.05) is 21.3 Å². The summed E-state index contributed by atoms with van der Waals surface area (Å²) in [5, 5.41) is 6.65. The third-order valence-corrected chi connectivity index (χ3v) is 3.99. The summed E-state index contributed by atoms with van der Waals surface area (Å²) in [4.78, 5) is 4.30. The van der Waals surface area contributed by atoms with Gasteiger partial charge >= 0.3 is 0 Å². The van der Waals surface area contributed by atoms with Crippen LogP contribution in [0.5, 0.6) is 17.2 Å². The van der Waals surface area contributed by atoms with E-state index in [-0.39, 0.29) is 29.6 Å². The van der Waals surface area contributed by atoms with E-state index in [1.54, 1.807) is 21.3 Å². The lowest BCUT2D eigenvalue weighted by molar-refractivity contribution is 0.129. The molecule has 0 aliphatic carbocycles. The van der Waals surface area contributed by atoms with E-state index in [9.17, 15) is 0 Å². The van der Waals surface area contributed by atoms with Crippen molar-refractivity contribution in [2.45, 2.75) is 39.5 Å². The Labute approximate surface area is 191 Å². The highest BCUT2D eigenvalue weighted by Crippen LogP contribution is 2.30. The van der Waals surface area contributed by atoms with Gasteiger partial charge in [0.1, 0.15) is 11.4 Å². The number of rotatable bonds is 7. The molecule has 2 aromatic rings. The molecule has 2 N–H and O–H groups in total. The monoisotopic (exact) mass is 513 g/mol. The van der Waals surface area contributed by atoms with E-state index in [1.807, 2.05) is 63.2 Å². The van der Waals surface area contributed by atoms with E-state index < -0.39 is 0 Å². The van der Waals surface area contributed by atoms with E-state index in [2.05, 4.69) is 15.6 Å². The summed E-state index contributed by atoms with van der Waals surface area (Å²) in [7, 11) is 5.02. The summed E-state index contributed by atoms with van der Waals surface area (Å²) < 4.78 is 16.9. The summed E-state index contributed by atoms with van der Waals surface area (Å²) in [6.07, 6.45) is 0. The minimum absolute atomic E-state index is 0. The van der Waals surface area contributed by atoms with Gasteiger partial charge < -0.3 is 24.8 Å². The fraction of sp³-hybridized carbons (Fsp3) is 0.409. The van der Waals surface area contributed by atoms with Crippen molar-refractivity contribution in [1.29, 1.82) is 0 Å². The van der Waals surface area contributed by atoms with Crippen molar-refractivity contribution < 1.29 is 14.2 Å². The first-order chi connectivity index (χ1) is 13.4. The minimum Gasteiger partial charge on any atom is -0.493 e. The molecule has 7 heteroatoms. The highest BCUT2D eigenvalue weighted by molar-refractivity contribution is 14.0. The fourth-order valence-corrected chi connectivity index (χ4v) is 2.75. The van der Waals surface area contributed by atoms with Gasteiger partial charge in [-0.05, 0) is 32.9 Å². The van der Waals surface area contributed by atoms with Crippen molar-refractivity contribution in [3.05, 3.63) is 53.6 Å². The maximum absolute atomic E-state index is 6.05. The molecule has 0 amide bonds. The molecule has 0 saturated heterocycles. The third-order valence-electron chi connectivity index (χ3n) is 3.99. The fourth-order valence-electron chi connectivity index (χ4n) is 2.75. The molecule has 0 saturated carbocycles. The first-order valence-electron chi connectivity index (χ1n) is 9.29. The van der Waals surface area contributed by atoms with Crippen LogP contribution in [0.4, 0.5) is 0 Å². The molecule has 0 aliphatic rings. The molecule has 0 spiro atoms. The number of aliphatic imine (C=N–C) groups is 1. The molecule has 0 aliphatic heterocycles. The Balaban J connectivity index is 0.00000420. The van der Waals surface area contributed by atoms with Crippen LogP contribution in [0.15, 0.2) is 47.5 Å². The molecule has 0 unspecified atom stereocenters. The predicted octanol–water partition coefficient (Wildman–Crippen LogP) is 4.36. The van der Waals surface area contributed by atoms with E-state index in [1.165, 1.54) is 0 Å². The molecule has 160 valence electrons. The zero-order chi connectivity index (χ0) is 20.6. The van der Waals surface area contributed by atoms with Crippen LogP contribution < -0.4 is 24.8 Å². The van der Waals surface area contributed by atoms with Gasteiger partial charge in [-0.3, -0.25) is 4.99 Å². The maximum atomic E-state index is 6.05. The Morgan fingerprint density at radius 1 is 0.862 bits per heavy atom. The second-order valence-corrected chi connectivity index (χ2v) is 7.25. The average Bonchev–Trinajstić information content (AvgIpc) is 2.67. The summed E-state index contributed by atoms with van der Waals surface area (Å²) in [5.74, 6) is 2.98. The number of benzene rings is 2. The van der Waals surface area contributed by atoms with Gasteiger partial charge in [0.05, 0.1) is 14.2 Å². The molecular formula is C22H32IN3O3. The molecule has 2 aromatic carbocycles. The van der Waals surface area contributed by atoms with Crippen LogP contribution >= 0.6 is 24.0 Å². The molecular weight excluding hydrogens is 481 g/mol. The van der Waals surface area contributed by atoms with E-state index in [0.717, 1.165) is 22.6 Å². The van der Waals surface area contributed by atoms with Gasteiger partial charge in [-0.2, -0.15) is 0 Å². The Kier molecular flexibility index (Phi) is 10.1. The molecule has 0 radical (unpaired) electrons. The van der Waals surface area contributed by atoms with E-state index >= 15 is 0 Å². The van der Waals surface area contributed by atoms with Crippen LogP contribution in [0.1, 0.15) is 31.9 Å². The minimum atomic E-state index is -0.251. The summed E-state index contributed by atoms with van der Waals surface area (Å²) in [6.45, 7) is 7.28. The van der Waals surface area contributed by atoms with Crippen LogP contribution in [-0.4, -0.2) is 32.8 Å². The van der Waals surface area contributed by atoms with Crippen molar-refractivity contribution in [2.24, 2.45) is 4.99 Å². The van der Waals surface area contributed by atoms with Gasteiger partial charge in [0.2, 0.25) is 0 Å². The number of halogens is 1. The van der Waals surface area contributed by atoms with Crippen molar-refractivity contribution in [3.8, 4) is 17.2 Å². The van der Waals surface area contributed by atoms with Crippen LogP contribution in [0, 0.1) is 0 Å². The largest absolute Gasteiger partial charge is 0.493 e. The molecule has 6 nitrogen and oxygen atoms in total. The molecule has 0 fully saturated rings. The third kappa shape index (κ3) is 7.64. The van der Waals surface area contributed by atoms with Crippen LogP contribution in [-0.2, 0) is 13.1 Å². The van der Waals surface area contributed by atoms with Gasteiger partial charge in [0, 0.05) is 31.3 Å². The van der Waals surface area contributed by atoms with Crippen molar-refractivity contribution >= 4 is 29.9 Å². The van der Waals surface area contributed by atoms with Crippen LogP contribution in [0.2, 0.25) is 0 Å². The number of hydrogen-bond acceptors (Lipinski definition) is 4. The summed E-state index contributed by atoms with van der Waals surface area (Å²) in [6, 6.07) is 13.8. The van der Waals surface area contributed by atoms with Gasteiger partial charge in [0.15, 0.2) is 17.5 Å². The number of ether oxygens (including phenoxy) is 3. The summed E-state index contributed by atoms with van der Waals surface area (Å²) in [5.41, 5.74) is 1.81. The molecule has 29 heavy (non-hydrogen) atoms. The molecule has 0 atom stereocenters. The standard InChI is InChI=1S/C22H31N3O3.HI/c1-22(2,3)28-18-12-8-7-10-16(18)14-24-21(23-4)25-15-17-11-9-13-19(26-5)20(17)27-6;/h7-13H,14-15H2,1-6H3,(H2,23,24,25);1H. The lowest BCUT2D eigenvalue weighted by atomic mass is 10.1. The Hall–Kier alpha value is -2.16. The zero-order valence-electron chi connectivity index (χ0n) is 18.0. The normalized spacial score (nSPS) is 11.3. The first-order valence-corrected chi connectivity index (χ1v) is 9.29. The highest BCUT2D eigenvalue weighted by atomic mass is 127. The number of hydrogen-bond donors (Lipinski definition) is 2. The van der Waals surface area contributed by atoms with Crippen LogP contribution in [0.3, 0.4) is 0 Å². The second kappa shape index (κ2) is 11.7. The maximum Gasteiger partial charge on any atom is 0.191 e. The Morgan fingerprint density at radius 3 is 2.03 bits per heavy atom. The zero-order valence-corrected chi connectivity index (χ0v) is 20.4. The van der Waals surface area contributed by atoms with E-state index in [4.69, 9.17) is 14.2 Å². The van der Waals surface area contributed by atoms with Gasteiger partial charge in [-0.1, -0.05) is 30.3 Å². The molecule has 0 bridgehead atoms. The van der Waals surface area contributed by atoms with E-state index in [0.29, 0.717) is 24.8 Å². The highest BCUT2D eigenvalue weighted by Gasteiger charge is 2.15. The quantitative estimate of drug-likeness (QED) is 0.327. The van der Waals surface area contributed by atoms with Gasteiger partial charge in [-0.15, -0.1) is 24.0 Å². The number of methoxy groups -OCH3 is 2. The molecule has 2 rings (SSSR count). The lowest BCUT2D eigenvalue weighted by Gasteiger charge is -2.23. The number of guanidine groups is 1. The predicted molar refractivity (Wildman–Crippen MR) is 129 cm³/mol. The Morgan fingerprint density at radius 2 is 1.45 bits per heavy atom. The molecule has 0 heterocycles. The van der Waals surface area contributed by atoms with Gasteiger partial charge in [0.25, 0.3) is 0 Å². The van der Waals surface area contributed by atoms with Crippen molar-refractivity contribution in [1.82, 2.24) is 10.6 Å². The molecule has 0 aromatic heterocycles. The lowest BCUT2D eigenvalue weighted by Crippen LogP contribution is -2.36. The smallest absolute Gasteiger partial charge is 0.191 e. The van der Waals surface area contributed by atoms with Gasteiger partial charge in [-0.25, -0.2) is 0 Å². The number of nitrogens with one attached hydrogen (secondary N) is 2. The number of para-hydroxylation sites is 2. The second-order valence-electron chi connectivity index (χ2n) is 7.25.